The SMILES string of the molecule is C[C@@H]1[C@H]2C[C@@]13CC[C@H]2[C@H](N)C3. The second kappa shape index (κ2) is 1.66. The van der Waals surface area contributed by atoms with E-state index in [1.165, 1.54) is 25.7 Å². The van der Waals surface area contributed by atoms with Gasteiger partial charge in [0.25, 0.3) is 0 Å². The third kappa shape index (κ3) is 0.547. The van der Waals surface area contributed by atoms with Crippen LogP contribution >= 0.6 is 0 Å². The Morgan fingerprint density at radius 1 is 1.27 bits per heavy atom. The molecule has 62 valence electrons. The van der Waals surface area contributed by atoms with Crippen molar-refractivity contribution in [3.05, 3.63) is 0 Å². The average molecular weight is 151 g/mol. The lowest BCUT2D eigenvalue weighted by Crippen LogP contribution is -2.65. The first kappa shape index (κ1) is 6.47. The number of rotatable bonds is 0. The Balaban J connectivity index is 1.99. The minimum Gasteiger partial charge on any atom is -0.327 e. The summed E-state index contributed by atoms with van der Waals surface area (Å²) in [4.78, 5) is 0. The van der Waals surface area contributed by atoms with Gasteiger partial charge in [-0.05, 0) is 48.9 Å². The fourth-order valence-electron chi connectivity index (χ4n) is 4.17. The van der Waals surface area contributed by atoms with Crippen LogP contribution in [0.1, 0.15) is 32.6 Å². The summed E-state index contributed by atoms with van der Waals surface area (Å²) in [6, 6.07) is 0.568. The Hall–Kier alpha value is -0.0400. The highest BCUT2D eigenvalue weighted by atomic mass is 14.8. The van der Waals surface area contributed by atoms with Gasteiger partial charge in [0.1, 0.15) is 0 Å². The third-order valence-electron chi connectivity index (χ3n) is 4.97. The highest BCUT2D eigenvalue weighted by Gasteiger charge is 2.62. The molecule has 0 aromatic heterocycles. The van der Waals surface area contributed by atoms with Crippen LogP contribution in [0, 0.1) is 23.2 Å². The van der Waals surface area contributed by atoms with Crippen molar-refractivity contribution < 1.29 is 0 Å². The lowest BCUT2D eigenvalue weighted by Gasteiger charge is -2.68. The Morgan fingerprint density at radius 3 is 2.36 bits per heavy atom. The molecule has 1 nitrogen and oxygen atoms in total. The molecule has 0 heterocycles. The van der Waals surface area contributed by atoms with Crippen LogP contribution in [0.4, 0.5) is 0 Å². The summed E-state index contributed by atoms with van der Waals surface area (Å²) in [6.45, 7) is 2.45. The molecular weight excluding hydrogens is 134 g/mol. The van der Waals surface area contributed by atoms with Gasteiger partial charge in [0.05, 0.1) is 0 Å². The maximum Gasteiger partial charge on any atom is 0.00753 e. The summed E-state index contributed by atoms with van der Waals surface area (Å²) in [5, 5.41) is 0. The topological polar surface area (TPSA) is 26.0 Å². The highest BCUT2D eigenvalue weighted by Crippen LogP contribution is 2.69. The zero-order valence-electron chi connectivity index (χ0n) is 7.22. The van der Waals surface area contributed by atoms with E-state index in [9.17, 15) is 0 Å². The summed E-state index contributed by atoms with van der Waals surface area (Å²) in [6.07, 6.45) is 5.79. The van der Waals surface area contributed by atoms with E-state index < -0.39 is 0 Å². The Morgan fingerprint density at radius 2 is 2.09 bits per heavy atom. The van der Waals surface area contributed by atoms with E-state index in [0.717, 1.165) is 23.2 Å². The van der Waals surface area contributed by atoms with Crippen LogP contribution < -0.4 is 5.73 Å². The quantitative estimate of drug-likeness (QED) is 0.561. The number of hydrogen-bond acceptors (Lipinski definition) is 1. The molecule has 6 fully saturated rings. The number of hydrogen-bond donors (Lipinski definition) is 1. The molecule has 0 aliphatic heterocycles. The molecule has 6 aliphatic carbocycles. The normalized spacial score (nSPS) is 66.0. The van der Waals surface area contributed by atoms with E-state index in [-0.39, 0.29) is 0 Å². The first-order chi connectivity index (χ1) is 5.23. The van der Waals surface area contributed by atoms with E-state index in [0.29, 0.717) is 6.04 Å². The first-order valence-corrected chi connectivity index (χ1v) is 4.98. The molecule has 6 aliphatic rings. The van der Waals surface area contributed by atoms with E-state index >= 15 is 0 Å². The molecule has 0 saturated heterocycles. The predicted octanol–water partition coefficient (Wildman–Crippen LogP) is 1.77. The van der Waals surface area contributed by atoms with Gasteiger partial charge in [-0.3, -0.25) is 0 Å². The molecule has 6 rings (SSSR count). The van der Waals surface area contributed by atoms with Crippen LogP contribution in [0.2, 0.25) is 0 Å². The monoisotopic (exact) mass is 151 g/mol. The predicted molar refractivity (Wildman–Crippen MR) is 45.0 cm³/mol. The van der Waals surface area contributed by atoms with Gasteiger partial charge in [-0.1, -0.05) is 6.92 Å². The zero-order valence-corrected chi connectivity index (χ0v) is 7.22. The van der Waals surface area contributed by atoms with Crippen LogP contribution in [-0.4, -0.2) is 6.04 Å². The molecule has 6 saturated carbocycles. The van der Waals surface area contributed by atoms with Gasteiger partial charge in [0, 0.05) is 6.04 Å². The van der Waals surface area contributed by atoms with Crippen LogP contribution in [0.15, 0.2) is 0 Å². The first-order valence-electron chi connectivity index (χ1n) is 4.98. The minimum absolute atomic E-state index is 0.568. The minimum atomic E-state index is 0.568. The van der Waals surface area contributed by atoms with Crippen molar-refractivity contribution in [1.82, 2.24) is 0 Å². The van der Waals surface area contributed by atoms with Crippen molar-refractivity contribution in [2.24, 2.45) is 28.9 Å². The smallest absolute Gasteiger partial charge is 0.00753 e. The van der Waals surface area contributed by atoms with Crippen molar-refractivity contribution in [3.8, 4) is 0 Å². The maximum absolute atomic E-state index is 6.10. The molecule has 0 unspecified atom stereocenters. The summed E-state index contributed by atoms with van der Waals surface area (Å²) in [5.41, 5.74) is 6.83. The fourth-order valence-corrected chi connectivity index (χ4v) is 4.17. The van der Waals surface area contributed by atoms with Crippen LogP contribution in [-0.2, 0) is 0 Å². The van der Waals surface area contributed by atoms with Crippen LogP contribution in [0.3, 0.4) is 0 Å². The van der Waals surface area contributed by atoms with Gasteiger partial charge < -0.3 is 5.73 Å². The fraction of sp³-hybridized carbons (Fsp3) is 1.00. The molecule has 1 heteroatoms. The van der Waals surface area contributed by atoms with Gasteiger partial charge in [0.2, 0.25) is 0 Å². The summed E-state index contributed by atoms with van der Waals surface area (Å²) >= 11 is 0. The average Bonchev–Trinajstić information content (AvgIpc) is 2.04. The molecule has 0 amide bonds. The van der Waals surface area contributed by atoms with E-state index in [4.69, 9.17) is 5.73 Å². The summed E-state index contributed by atoms with van der Waals surface area (Å²) in [7, 11) is 0. The van der Waals surface area contributed by atoms with Crippen molar-refractivity contribution in [3.63, 3.8) is 0 Å². The van der Waals surface area contributed by atoms with Gasteiger partial charge in [-0.15, -0.1) is 0 Å². The van der Waals surface area contributed by atoms with E-state index in [1.807, 2.05) is 0 Å². The van der Waals surface area contributed by atoms with Crippen LogP contribution in [0.5, 0.6) is 0 Å². The van der Waals surface area contributed by atoms with Gasteiger partial charge in [0.15, 0.2) is 0 Å². The van der Waals surface area contributed by atoms with Gasteiger partial charge >= 0.3 is 0 Å². The van der Waals surface area contributed by atoms with Gasteiger partial charge in [-0.2, -0.15) is 0 Å². The van der Waals surface area contributed by atoms with E-state index in [1.54, 1.807) is 0 Å². The molecule has 0 aromatic carbocycles. The third-order valence-corrected chi connectivity index (χ3v) is 4.97. The molecule has 2 N–H and O–H groups in total. The standard InChI is InChI=1S/C10H17N/c1-6-8-4-10(6)3-2-7(8)9(11)5-10/h6-9H,2-5,11H2,1H3/t6-,7-,8-,9-,10-/m1/s1. The highest BCUT2D eigenvalue weighted by molar-refractivity contribution is 5.13. The molecule has 0 radical (unpaired) electrons. The second-order valence-electron chi connectivity index (χ2n) is 5.09. The largest absolute Gasteiger partial charge is 0.327 e. The van der Waals surface area contributed by atoms with Crippen molar-refractivity contribution in [1.29, 1.82) is 0 Å². The number of nitrogens with two attached hydrogens (primary N) is 1. The molecule has 5 atom stereocenters. The Labute approximate surface area is 68.3 Å². The molecule has 1 spiro atoms. The lowest BCUT2D eigenvalue weighted by molar-refractivity contribution is -0.178. The van der Waals surface area contributed by atoms with Crippen molar-refractivity contribution in [2.45, 2.75) is 38.6 Å². The lowest BCUT2D eigenvalue weighted by atomic mass is 9.37. The van der Waals surface area contributed by atoms with Crippen molar-refractivity contribution in [2.75, 3.05) is 0 Å². The summed E-state index contributed by atoms with van der Waals surface area (Å²) < 4.78 is 0. The molecular formula is C10H17N. The van der Waals surface area contributed by atoms with Crippen molar-refractivity contribution >= 4 is 0 Å². The zero-order chi connectivity index (χ0) is 7.64. The second-order valence-corrected chi connectivity index (χ2v) is 5.09. The summed E-state index contributed by atoms with van der Waals surface area (Å²) in [5.74, 6) is 2.94. The van der Waals surface area contributed by atoms with E-state index in [2.05, 4.69) is 6.92 Å². The van der Waals surface area contributed by atoms with Gasteiger partial charge in [-0.25, -0.2) is 0 Å². The maximum atomic E-state index is 6.10. The Kier molecular flexibility index (Phi) is 0.976. The van der Waals surface area contributed by atoms with Crippen LogP contribution in [0.25, 0.3) is 0 Å². The molecule has 0 aromatic rings. The molecule has 11 heavy (non-hydrogen) atoms. The molecule has 3 bridgehead atoms. The Bertz CT molecular complexity index is 197.